The molecule has 1 heterocycles. The molecule has 184 valence electrons. The number of likely N-dealkylation sites (tertiary alicyclic amines) is 1. The summed E-state index contributed by atoms with van der Waals surface area (Å²) in [7, 11) is 7.40. The summed E-state index contributed by atoms with van der Waals surface area (Å²) in [6.45, 7) is 2.82. The number of benzene rings is 3. The molecule has 0 spiro atoms. The van der Waals surface area contributed by atoms with Gasteiger partial charge < -0.3 is 19.3 Å². The lowest BCUT2D eigenvalue weighted by molar-refractivity contribution is 0.0958. The summed E-state index contributed by atoms with van der Waals surface area (Å²) in [4.78, 5) is 20.2. The van der Waals surface area contributed by atoms with Crippen LogP contribution in [0.4, 0.5) is 11.4 Å². The molecule has 35 heavy (non-hydrogen) atoms. The standard InChI is InChI=1S/C29H35N3O3/c1-30(2)24-9-5-22(6-10-24)21-31-19-17-26(18-20-31)32(25-11-15-28(35-4)16-12-25)29(33)23-7-13-27(34-3)14-8-23/h5-16,26H,17-21H2,1-4H3. The van der Waals surface area contributed by atoms with Crippen molar-refractivity contribution in [2.45, 2.75) is 25.4 Å². The number of piperidine rings is 1. The Morgan fingerprint density at radius 1 is 0.800 bits per heavy atom. The highest BCUT2D eigenvalue weighted by molar-refractivity contribution is 6.06. The second kappa shape index (κ2) is 11.3. The van der Waals surface area contributed by atoms with Gasteiger partial charge in [0.1, 0.15) is 11.5 Å². The van der Waals surface area contributed by atoms with Gasteiger partial charge in [0, 0.05) is 56.7 Å². The highest BCUT2D eigenvalue weighted by Gasteiger charge is 2.30. The van der Waals surface area contributed by atoms with Crippen LogP contribution < -0.4 is 19.3 Å². The summed E-state index contributed by atoms with van der Waals surface area (Å²) in [5.41, 5.74) is 4.07. The maximum atomic E-state index is 13.7. The quantitative estimate of drug-likeness (QED) is 0.457. The van der Waals surface area contributed by atoms with Gasteiger partial charge in [-0.1, -0.05) is 12.1 Å². The molecule has 0 N–H and O–H groups in total. The molecule has 3 aromatic carbocycles. The fourth-order valence-corrected chi connectivity index (χ4v) is 4.60. The molecule has 0 atom stereocenters. The van der Waals surface area contributed by atoms with Crippen molar-refractivity contribution in [1.82, 2.24) is 4.90 Å². The predicted molar refractivity (Wildman–Crippen MR) is 142 cm³/mol. The molecule has 0 unspecified atom stereocenters. The maximum absolute atomic E-state index is 13.7. The van der Waals surface area contributed by atoms with Crippen molar-refractivity contribution in [2.75, 3.05) is 51.2 Å². The van der Waals surface area contributed by atoms with Gasteiger partial charge in [-0.2, -0.15) is 0 Å². The van der Waals surface area contributed by atoms with Gasteiger partial charge >= 0.3 is 0 Å². The first-order valence-electron chi connectivity index (χ1n) is 12.1. The molecule has 3 aromatic rings. The lowest BCUT2D eigenvalue weighted by atomic mass is 10.00. The number of ether oxygens (including phenoxy) is 2. The number of carbonyl (C=O) groups excluding carboxylic acids is 1. The van der Waals surface area contributed by atoms with Gasteiger partial charge in [-0.25, -0.2) is 0 Å². The number of nitrogens with zero attached hydrogens (tertiary/aromatic N) is 3. The lowest BCUT2D eigenvalue weighted by Crippen LogP contribution is -2.47. The van der Waals surface area contributed by atoms with Crippen molar-refractivity contribution in [2.24, 2.45) is 0 Å². The first kappa shape index (κ1) is 24.6. The van der Waals surface area contributed by atoms with E-state index in [2.05, 4.69) is 48.2 Å². The van der Waals surface area contributed by atoms with Gasteiger partial charge in [0.2, 0.25) is 0 Å². The minimum absolute atomic E-state index is 0.00976. The highest BCUT2D eigenvalue weighted by Crippen LogP contribution is 2.29. The zero-order valence-corrected chi connectivity index (χ0v) is 21.1. The van der Waals surface area contributed by atoms with Crippen LogP contribution in [0.25, 0.3) is 0 Å². The number of carbonyl (C=O) groups is 1. The zero-order chi connectivity index (χ0) is 24.8. The third-order valence-electron chi connectivity index (χ3n) is 6.69. The summed E-state index contributed by atoms with van der Waals surface area (Å²) in [6, 6.07) is 24.0. The van der Waals surface area contributed by atoms with E-state index in [1.165, 1.54) is 11.3 Å². The van der Waals surface area contributed by atoms with E-state index in [1.54, 1.807) is 14.2 Å². The van der Waals surface area contributed by atoms with Crippen LogP contribution in [0, 0.1) is 0 Å². The molecule has 0 aliphatic carbocycles. The Bertz CT molecular complexity index is 1090. The Kier molecular flexibility index (Phi) is 7.93. The van der Waals surface area contributed by atoms with E-state index in [4.69, 9.17) is 9.47 Å². The normalized spacial score (nSPS) is 14.4. The van der Waals surface area contributed by atoms with E-state index in [-0.39, 0.29) is 11.9 Å². The Morgan fingerprint density at radius 3 is 1.83 bits per heavy atom. The topological polar surface area (TPSA) is 45.2 Å². The monoisotopic (exact) mass is 473 g/mol. The molecule has 0 radical (unpaired) electrons. The summed E-state index contributed by atoms with van der Waals surface area (Å²) < 4.78 is 10.6. The molecule has 1 aliphatic heterocycles. The van der Waals surface area contributed by atoms with Crippen molar-refractivity contribution in [3.8, 4) is 11.5 Å². The van der Waals surface area contributed by atoms with Crippen molar-refractivity contribution >= 4 is 17.3 Å². The Morgan fingerprint density at radius 2 is 1.31 bits per heavy atom. The average Bonchev–Trinajstić information content (AvgIpc) is 2.90. The molecule has 1 fully saturated rings. The van der Waals surface area contributed by atoms with Gasteiger partial charge in [-0.3, -0.25) is 9.69 Å². The number of hydrogen-bond donors (Lipinski definition) is 0. The molecule has 1 saturated heterocycles. The van der Waals surface area contributed by atoms with Gasteiger partial charge in [0.25, 0.3) is 5.91 Å². The van der Waals surface area contributed by atoms with Gasteiger partial charge in [-0.15, -0.1) is 0 Å². The van der Waals surface area contributed by atoms with Crippen LogP contribution in [0.3, 0.4) is 0 Å². The predicted octanol–water partition coefficient (Wildman–Crippen LogP) is 5.08. The fraction of sp³-hybridized carbons (Fsp3) is 0.345. The van der Waals surface area contributed by atoms with E-state index >= 15 is 0 Å². The van der Waals surface area contributed by atoms with E-state index in [9.17, 15) is 4.79 Å². The van der Waals surface area contributed by atoms with Crippen LogP contribution in [-0.4, -0.2) is 58.3 Å². The van der Waals surface area contributed by atoms with Crippen molar-refractivity contribution in [1.29, 1.82) is 0 Å². The number of amides is 1. The van der Waals surface area contributed by atoms with Gasteiger partial charge in [0.05, 0.1) is 14.2 Å². The molecular formula is C29H35N3O3. The Labute approximate surface area is 208 Å². The summed E-state index contributed by atoms with van der Waals surface area (Å²) in [5, 5.41) is 0. The van der Waals surface area contributed by atoms with Crippen LogP contribution in [-0.2, 0) is 6.54 Å². The maximum Gasteiger partial charge on any atom is 0.258 e. The molecule has 6 heteroatoms. The summed E-state index contributed by atoms with van der Waals surface area (Å²) in [5.74, 6) is 1.53. The number of rotatable bonds is 8. The summed E-state index contributed by atoms with van der Waals surface area (Å²) >= 11 is 0. The van der Waals surface area contributed by atoms with E-state index in [0.717, 1.165) is 49.7 Å². The smallest absolute Gasteiger partial charge is 0.258 e. The number of methoxy groups -OCH3 is 2. The highest BCUT2D eigenvalue weighted by atomic mass is 16.5. The van der Waals surface area contributed by atoms with E-state index < -0.39 is 0 Å². The SMILES string of the molecule is COc1ccc(C(=O)N(c2ccc(OC)cc2)C2CCN(Cc3ccc(N(C)C)cc3)CC2)cc1. The number of anilines is 2. The first-order valence-corrected chi connectivity index (χ1v) is 12.1. The third kappa shape index (κ3) is 5.95. The van der Waals surface area contributed by atoms with Crippen LogP contribution in [0.5, 0.6) is 11.5 Å². The van der Waals surface area contributed by atoms with Gasteiger partial charge in [-0.05, 0) is 79.1 Å². The second-order valence-electron chi connectivity index (χ2n) is 9.17. The molecule has 0 saturated carbocycles. The fourth-order valence-electron chi connectivity index (χ4n) is 4.60. The van der Waals surface area contributed by atoms with Crippen molar-refractivity contribution < 1.29 is 14.3 Å². The number of hydrogen-bond acceptors (Lipinski definition) is 5. The largest absolute Gasteiger partial charge is 0.497 e. The zero-order valence-electron chi connectivity index (χ0n) is 21.1. The van der Waals surface area contributed by atoms with Crippen LogP contribution in [0.15, 0.2) is 72.8 Å². The van der Waals surface area contributed by atoms with Gasteiger partial charge in [0.15, 0.2) is 0 Å². The van der Waals surface area contributed by atoms with Crippen molar-refractivity contribution in [3.63, 3.8) is 0 Å². The minimum Gasteiger partial charge on any atom is -0.497 e. The lowest BCUT2D eigenvalue weighted by Gasteiger charge is -2.38. The molecule has 4 rings (SSSR count). The Hall–Kier alpha value is -3.51. The molecule has 0 bridgehead atoms. The third-order valence-corrected chi connectivity index (χ3v) is 6.69. The molecule has 0 aromatic heterocycles. The van der Waals surface area contributed by atoms with Crippen LogP contribution in [0.1, 0.15) is 28.8 Å². The Balaban J connectivity index is 1.48. The van der Waals surface area contributed by atoms with E-state index in [0.29, 0.717) is 5.56 Å². The molecule has 1 amide bonds. The minimum atomic E-state index is 0.00976. The van der Waals surface area contributed by atoms with Crippen LogP contribution >= 0.6 is 0 Å². The van der Waals surface area contributed by atoms with Crippen molar-refractivity contribution in [3.05, 3.63) is 83.9 Å². The second-order valence-corrected chi connectivity index (χ2v) is 9.17. The summed E-state index contributed by atoms with van der Waals surface area (Å²) in [6.07, 6.45) is 1.84. The molecule has 1 aliphatic rings. The molecular weight excluding hydrogens is 438 g/mol. The average molecular weight is 474 g/mol. The first-order chi connectivity index (χ1) is 17.0. The van der Waals surface area contributed by atoms with E-state index in [1.807, 2.05) is 53.4 Å². The molecule has 6 nitrogen and oxygen atoms in total. The van der Waals surface area contributed by atoms with Crippen LogP contribution in [0.2, 0.25) is 0 Å².